The molecule has 3 rings (SSSR count). The maximum Gasteiger partial charge on any atom is 0.196 e. The van der Waals surface area contributed by atoms with Crippen LogP contribution in [0.15, 0.2) is 30.5 Å². The van der Waals surface area contributed by atoms with E-state index in [1.54, 1.807) is 24.6 Å². The third-order valence-electron chi connectivity index (χ3n) is 3.14. The van der Waals surface area contributed by atoms with E-state index < -0.39 is 0 Å². The van der Waals surface area contributed by atoms with Crippen molar-refractivity contribution in [2.45, 2.75) is 13.3 Å². The quantitative estimate of drug-likeness (QED) is 0.797. The van der Waals surface area contributed by atoms with Crippen molar-refractivity contribution in [2.75, 3.05) is 12.8 Å². The minimum Gasteiger partial charge on any atom is -0.497 e. The fourth-order valence-corrected chi connectivity index (χ4v) is 3.27. The summed E-state index contributed by atoms with van der Waals surface area (Å²) in [4.78, 5) is 6.57. The average molecular weight is 273 g/mol. The van der Waals surface area contributed by atoms with Gasteiger partial charge in [0, 0.05) is 10.4 Å². The number of nitrogens with two attached hydrogens (primary N) is 1. The summed E-state index contributed by atoms with van der Waals surface area (Å²) >= 11 is 1.69. The lowest BCUT2D eigenvalue weighted by Crippen LogP contribution is -1.95. The zero-order valence-electron chi connectivity index (χ0n) is 10.9. The topological polar surface area (TPSA) is 52.5 Å². The Labute approximate surface area is 115 Å². The fourth-order valence-electron chi connectivity index (χ4n) is 2.21. The first-order valence-electron chi connectivity index (χ1n) is 6.13. The van der Waals surface area contributed by atoms with Crippen molar-refractivity contribution in [3.63, 3.8) is 0 Å². The molecule has 0 bridgehead atoms. The minimum atomic E-state index is 0.678. The highest BCUT2D eigenvalue weighted by molar-refractivity contribution is 7.17. The van der Waals surface area contributed by atoms with Crippen molar-refractivity contribution < 1.29 is 4.74 Å². The molecule has 0 spiro atoms. The molecule has 0 atom stereocenters. The highest BCUT2D eigenvalue weighted by Crippen LogP contribution is 2.34. The van der Waals surface area contributed by atoms with Crippen LogP contribution in [0.25, 0.3) is 16.2 Å². The Morgan fingerprint density at radius 2 is 2.05 bits per heavy atom. The maximum absolute atomic E-state index is 6.02. The van der Waals surface area contributed by atoms with Crippen molar-refractivity contribution >= 4 is 22.1 Å². The summed E-state index contributed by atoms with van der Waals surface area (Å²) in [6.45, 7) is 2.15. The van der Waals surface area contributed by atoms with Crippen LogP contribution in [0, 0.1) is 0 Å². The number of nitrogen functional groups attached to an aromatic ring is 1. The zero-order valence-corrected chi connectivity index (χ0v) is 11.7. The van der Waals surface area contributed by atoms with E-state index in [4.69, 9.17) is 10.5 Å². The van der Waals surface area contributed by atoms with E-state index in [0.717, 1.165) is 28.4 Å². The van der Waals surface area contributed by atoms with Crippen LogP contribution < -0.4 is 10.5 Å². The molecule has 0 saturated heterocycles. The van der Waals surface area contributed by atoms with Gasteiger partial charge < -0.3 is 10.5 Å². The number of imidazole rings is 1. The van der Waals surface area contributed by atoms with Crippen molar-refractivity contribution in [3.8, 4) is 17.0 Å². The predicted octanol–water partition coefficient (Wildman–Crippen LogP) is 3.22. The van der Waals surface area contributed by atoms with Gasteiger partial charge in [-0.2, -0.15) is 0 Å². The summed E-state index contributed by atoms with van der Waals surface area (Å²) in [6, 6.07) is 8.04. The summed E-state index contributed by atoms with van der Waals surface area (Å²) in [6.07, 6.45) is 2.67. The maximum atomic E-state index is 6.02. The predicted molar refractivity (Wildman–Crippen MR) is 78.8 cm³/mol. The molecule has 5 heteroatoms. The van der Waals surface area contributed by atoms with Crippen LogP contribution in [-0.4, -0.2) is 16.5 Å². The van der Waals surface area contributed by atoms with Gasteiger partial charge in [0.2, 0.25) is 0 Å². The first-order valence-corrected chi connectivity index (χ1v) is 6.95. The molecule has 3 aromatic rings. The summed E-state index contributed by atoms with van der Waals surface area (Å²) in [5.74, 6) is 1.53. The second kappa shape index (κ2) is 4.59. The van der Waals surface area contributed by atoms with Crippen LogP contribution in [-0.2, 0) is 6.42 Å². The second-order valence-corrected chi connectivity index (χ2v) is 5.32. The van der Waals surface area contributed by atoms with Crippen LogP contribution in [0.5, 0.6) is 5.75 Å². The molecule has 4 nitrogen and oxygen atoms in total. The first kappa shape index (κ1) is 12.0. The second-order valence-electron chi connectivity index (χ2n) is 4.26. The van der Waals surface area contributed by atoms with Crippen molar-refractivity contribution in [1.29, 1.82) is 0 Å². The Hall–Kier alpha value is -2.01. The molecule has 0 saturated carbocycles. The summed E-state index contributed by atoms with van der Waals surface area (Å²) in [5.41, 5.74) is 8.29. The number of anilines is 1. The van der Waals surface area contributed by atoms with Crippen LogP contribution in [0.4, 0.5) is 5.82 Å². The number of aryl methyl sites for hydroxylation is 1. The summed E-state index contributed by atoms with van der Waals surface area (Å²) < 4.78 is 7.22. The Morgan fingerprint density at radius 1 is 1.32 bits per heavy atom. The molecule has 0 aliphatic carbocycles. The highest BCUT2D eigenvalue weighted by atomic mass is 32.1. The van der Waals surface area contributed by atoms with Crippen LogP contribution in [0.2, 0.25) is 0 Å². The number of methoxy groups -OCH3 is 1. The van der Waals surface area contributed by atoms with Crippen LogP contribution >= 0.6 is 11.3 Å². The Balaban J connectivity index is 2.23. The monoisotopic (exact) mass is 273 g/mol. The molecule has 0 aliphatic rings. The normalized spacial score (nSPS) is 11.1. The zero-order chi connectivity index (χ0) is 13.4. The lowest BCUT2D eigenvalue weighted by Gasteiger charge is -2.06. The number of thiazole rings is 1. The van der Waals surface area contributed by atoms with Gasteiger partial charge >= 0.3 is 0 Å². The average Bonchev–Trinajstić information content (AvgIpc) is 2.99. The van der Waals surface area contributed by atoms with E-state index in [-0.39, 0.29) is 0 Å². The molecule has 1 aromatic carbocycles. The molecule has 0 amide bonds. The molecular weight excluding hydrogens is 258 g/mol. The number of hydrogen-bond donors (Lipinski definition) is 1. The number of rotatable bonds is 3. The molecular formula is C14H15N3OS. The Morgan fingerprint density at radius 3 is 2.68 bits per heavy atom. The van der Waals surface area contributed by atoms with Crippen molar-refractivity contribution in [3.05, 3.63) is 35.3 Å². The molecule has 2 N–H and O–H groups in total. The van der Waals surface area contributed by atoms with Gasteiger partial charge in [0.05, 0.1) is 19.0 Å². The van der Waals surface area contributed by atoms with E-state index in [1.165, 1.54) is 4.88 Å². The van der Waals surface area contributed by atoms with E-state index in [1.807, 2.05) is 16.5 Å². The molecule has 98 valence electrons. The van der Waals surface area contributed by atoms with Crippen molar-refractivity contribution in [2.24, 2.45) is 0 Å². The molecule has 0 unspecified atom stereocenters. The van der Waals surface area contributed by atoms with Gasteiger partial charge in [0.15, 0.2) is 4.96 Å². The van der Waals surface area contributed by atoms with Gasteiger partial charge in [-0.25, -0.2) is 4.98 Å². The third-order valence-corrected chi connectivity index (χ3v) is 4.34. The standard InChI is InChI=1S/C14H15N3OS/c1-3-11-13(9-4-6-10(18-2)7-5-9)17-12(15)8-16-14(17)19-11/h4-8H,3,15H2,1-2H3. The smallest absolute Gasteiger partial charge is 0.196 e. The Kier molecular flexibility index (Phi) is 2.91. The lowest BCUT2D eigenvalue weighted by molar-refractivity contribution is 0.415. The van der Waals surface area contributed by atoms with Gasteiger partial charge in [-0.3, -0.25) is 4.40 Å². The van der Waals surface area contributed by atoms with Gasteiger partial charge in [-0.1, -0.05) is 6.92 Å². The summed E-state index contributed by atoms with van der Waals surface area (Å²) in [5, 5.41) is 0. The van der Waals surface area contributed by atoms with Crippen molar-refractivity contribution in [1.82, 2.24) is 9.38 Å². The number of ether oxygens (including phenoxy) is 1. The number of nitrogens with zero attached hydrogens (tertiary/aromatic N) is 2. The van der Waals surface area contributed by atoms with E-state index >= 15 is 0 Å². The Bertz CT molecular complexity index is 712. The fraction of sp³-hybridized carbons (Fsp3) is 0.214. The number of aromatic nitrogens is 2. The molecule has 0 fully saturated rings. The minimum absolute atomic E-state index is 0.678. The molecule has 2 aromatic heterocycles. The van der Waals surface area contributed by atoms with Gasteiger partial charge in [-0.05, 0) is 30.7 Å². The summed E-state index contributed by atoms with van der Waals surface area (Å²) in [7, 11) is 1.67. The van der Waals surface area contributed by atoms with Gasteiger partial charge in [0.1, 0.15) is 11.6 Å². The number of hydrogen-bond acceptors (Lipinski definition) is 4. The number of fused-ring (bicyclic) bond motifs is 1. The first-order chi connectivity index (χ1) is 9.24. The number of benzene rings is 1. The van der Waals surface area contributed by atoms with E-state index in [2.05, 4.69) is 24.0 Å². The SMILES string of the molecule is CCc1sc2ncc(N)n2c1-c1ccc(OC)cc1. The lowest BCUT2D eigenvalue weighted by atomic mass is 10.1. The van der Waals surface area contributed by atoms with E-state index in [0.29, 0.717) is 5.82 Å². The van der Waals surface area contributed by atoms with Crippen LogP contribution in [0.1, 0.15) is 11.8 Å². The molecule has 2 heterocycles. The van der Waals surface area contributed by atoms with Gasteiger partial charge in [0.25, 0.3) is 0 Å². The highest BCUT2D eigenvalue weighted by Gasteiger charge is 2.15. The molecule has 19 heavy (non-hydrogen) atoms. The largest absolute Gasteiger partial charge is 0.497 e. The van der Waals surface area contributed by atoms with E-state index in [9.17, 15) is 0 Å². The molecule has 0 aliphatic heterocycles. The van der Waals surface area contributed by atoms with Gasteiger partial charge in [-0.15, -0.1) is 11.3 Å². The molecule has 0 radical (unpaired) electrons. The van der Waals surface area contributed by atoms with Crippen LogP contribution in [0.3, 0.4) is 0 Å². The third kappa shape index (κ3) is 1.86.